The zero-order chi connectivity index (χ0) is 24.2. The fourth-order valence-electron chi connectivity index (χ4n) is 4.21. The van der Waals surface area contributed by atoms with E-state index < -0.39 is 22.0 Å². The molecule has 0 unspecified atom stereocenters. The molecule has 178 valence electrons. The lowest BCUT2D eigenvalue weighted by molar-refractivity contribution is -0.116. The Labute approximate surface area is 196 Å². The van der Waals surface area contributed by atoms with Gasteiger partial charge in [0.05, 0.1) is 23.2 Å². The first kappa shape index (κ1) is 24.8. The topological polar surface area (TPSA) is 95.6 Å². The summed E-state index contributed by atoms with van der Waals surface area (Å²) in [6.07, 6.45) is 6.38. The number of aryl methyl sites for hydroxylation is 2. The van der Waals surface area contributed by atoms with Gasteiger partial charge >= 0.3 is 0 Å². The van der Waals surface area contributed by atoms with Gasteiger partial charge in [0.15, 0.2) is 0 Å². The second-order valence-electron chi connectivity index (χ2n) is 8.85. The van der Waals surface area contributed by atoms with E-state index in [0.717, 1.165) is 47.4 Å². The van der Waals surface area contributed by atoms with Crippen LogP contribution in [-0.2, 0) is 14.8 Å². The molecule has 0 heterocycles. The summed E-state index contributed by atoms with van der Waals surface area (Å²) in [5, 5.41) is 5.84. The molecule has 1 atom stereocenters. The maximum absolute atomic E-state index is 13.1. The Hall–Kier alpha value is -2.87. The fourth-order valence-corrected chi connectivity index (χ4v) is 5.38. The van der Waals surface area contributed by atoms with E-state index in [1.54, 1.807) is 36.4 Å². The molecule has 0 aromatic heterocycles. The SMILES string of the molecule is Cc1ccc(N([C@H](C)C(=O)Nc2ccccc2C(=O)NC2CCCCC2)S(C)(=O)=O)cc1C. The van der Waals surface area contributed by atoms with Gasteiger partial charge < -0.3 is 10.6 Å². The highest BCUT2D eigenvalue weighted by molar-refractivity contribution is 7.92. The van der Waals surface area contributed by atoms with E-state index in [-0.39, 0.29) is 11.9 Å². The number of carbonyl (C=O) groups excluding carboxylic acids is 2. The molecular formula is C25H33N3O4S. The van der Waals surface area contributed by atoms with Crippen molar-refractivity contribution < 1.29 is 18.0 Å². The van der Waals surface area contributed by atoms with E-state index in [0.29, 0.717) is 16.9 Å². The number of anilines is 2. The molecule has 3 rings (SSSR count). The number of sulfonamides is 1. The summed E-state index contributed by atoms with van der Waals surface area (Å²) < 4.78 is 26.3. The Morgan fingerprint density at radius 1 is 1.00 bits per heavy atom. The average molecular weight is 472 g/mol. The number of nitrogens with one attached hydrogen (secondary N) is 2. The predicted octanol–water partition coefficient (Wildman–Crippen LogP) is 4.16. The van der Waals surface area contributed by atoms with Crippen molar-refractivity contribution in [3.63, 3.8) is 0 Å². The van der Waals surface area contributed by atoms with Crippen molar-refractivity contribution >= 4 is 33.2 Å². The van der Waals surface area contributed by atoms with E-state index in [1.165, 1.54) is 13.3 Å². The molecule has 0 radical (unpaired) electrons. The second-order valence-corrected chi connectivity index (χ2v) is 10.7. The van der Waals surface area contributed by atoms with Crippen molar-refractivity contribution in [3.8, 4) is 0 Å². The number of para-hydroxylation sites is 1. The Morgan fingerprint density at radius 2 is 1.67 bits per heavy atom. The van der Waals surface area contributed by atoms with Crippen LogP contribution in [0.2, 0.25) is 0 Å². The lowest BCUT2D eigenvalue weighted by Crippen LogP contribution is -2.45. The van der Waals surface area contributed by atoms with Crippen LogP contribution in [0.3, 0.4) is 0 Å². The molecule has 2 N–H and O–H groups in total. The number of carbonyl (C=O) groups is 2. The maximum Gasteiger partial charge on any atom is 0.253 e. The van der Waals surface area contributed by atoms with Gasteiger partial charge in [-0.15, -0.1) is 0 Å². The highest BCUT2D eigenvalue weighted by atomic mass is 32.2. The zero-order valence-electron chi connectivity index (χ0n) is 19.7. The van der Waals surface area contributed by atoms with Crippen LogP contribution < -0.4 is 14.9 Å². The van der Waals surface area contributed by atoms with Crippen LogP contribution in [0.5, 0.6) is 0 Å². The van der Waals surface area contributed by atoms with Crippen LogP contribution in [0.1, 0.15) is 60.5 Å². The smallest absolute Gasteiger partial charge is 0.253 e. The largest absolute Gasteiger partial charge is 0.349 e. The summed E-state index contributed by atoms with van der Waals surface area (Å²) in [6.45, 7) is 5.37. The molecule has 2 aromatic carbocycles. The average Bonchev–Trinajstić information content (AvgIpc) is 2.76. The minimum Gasteiger partial charge on any atom is -0.349 e. The van der Waals surface area contributed by atoms with E-state index in [2.05, 4.69) is 10.6 Å². The lowest BCUT2D eigenvalue weighted by Gasteiger charge is -2.29. The maximum atomic E-state index is 13.1. The molecule has 0 spiro atoms. The van der Waals surface area contributed by atoms with Crippen molar-refractivity contribution in [2.24, 2.45) is 0 Å². The van der Waals surface area contributed by atoms with Gasteiger partial charge in [0, 0.05) is 6.04 Å². The van der Waals surface area contributed by atoms with Crippen molar-refractivity contribution in [1.29, 1.82) is 0 Å². The highest BCUT2D eigenvalue weighted by Gasteiger charge is 2.30. The second kappa shape index (κ2) is 10.4. The minimum atomic E-state index is -3.74. The minimum absolute atomic E-state index is 0.138. The van der Waals surface area contributed by atoms with Gasteiger partial charge in [0.2, 0.25) is 15.9 Å². The first-order valence-corrected chi connectivity index (χ1v) is 13.2. The summed E-state index contributed by atoms with van der Waals surface area (Å²) in [6, 6.07) is 11.2. The quantitative estimate of drug-likeness (QED) is 0.634. The first-order chi connectivity index (χ1) is 15.6. The normalized spacial score (nSPS) is 15.5. The molecule has 1 aliphatic rings. The zero-order valence-corrected chi connectivity index (χ0v) is 20.5. The first-order valence-electron chi connectivity index (χ1n) is 11.4. The lowest BCUT2D eigenvalue weighted by atomic mass is 9.95. The van der Waals surface area contributed by atoms with Gasteiger partial charge in [-0.2, -0.15) is 0 Å². The van der Waals surface area contributed by atoms with Gasteiger partial charge in [-0.05, 0) is 69.0 Å². The molecule has 2 amide bonds. The van der Waals surface area contributed by atoms with Crippen LogP contribution in [0, 0.1) is 13.8 Å². The molecule has 33 heavy (non-hydrogen) atoms. The Balaban J connectivity index is 1.82. The number of rotatable bonds is 7. The fraction of sp³-hybridized carbons (Fsp3) is 0.440. The van der Waals surface area contributed by atoms with Crippen LogP contribution >= 0.6 is 0 Å². The number of hydrogen-bond donors (Lipinski definition) is 2. The monoisotopic (exact) mass is 471 g/mol. The summed E-state index contributed by atoms with van der Waals surface area (Å²) in [5.74, 6) is -0.754. The van der Waals surface area contributed by atoms with Crippen molar-refractivity contribution in [2.45, 2.75) is 65.0 Å². The number of benzene rings is 2. The van der Waals surface area contributed by atoms with E-state index in [9.17, 15) is 18.0 Å². The number of nitrogens with zero attached hydrogens (tertiary/aromatic N) is 1. The molecule has 1 saturated carbocycles. The standard InChI is InChI=1S/C25H33N3O4S/c1-17-14-15-21(16-18(17)2)28(33(4,31)32)19(3)24(29)27-23-13-9-8-12-22(23)25(30)26-20-10-6-5-7-11-20/h8-9,12-16,19-20H,5-7,10-11H2,1-4H3,(H,26,30)(H,27,29)/t19-/m1/s1. The molecule has 0 saturated heterocycles. The molecule has 2 aromatic rings. The van der Waals surface area contributed by atoms with Crippen LogP contribution in [0.25, 0.3) is 0 Å². The molecular weight excluding hydrogens is 438 g/mol. The van der Waals surface area contributed by atoms with E-state index >= 15 is 0 Å². The van der Waals surface area contributed by atoms with E-state index in [1.807, 2.05) is 19.9 Å². The number of hydrogen-bond acceptors (Lipinski definition) is 4. The van der Waals surface area contributed by atoms with Crippen LogP contribution in [0.15, 0.2) is 42.5 Å². The third-order valence-electron chi connectivity index (χ3n) is 6.20. The molecule has 1 aliphatic carbocycles. The highest BCUT2D eigenvalue weighted by Crippen LogP contribution is 2.25. The summed E-state index contributed by atoms with van der Waals surface area (Å²) in [5.41, 5.74) is 3.10. The summed E-state index contributed by atoms with van der Waals surface area (Å²) in [7, 11) is -3.74. The Kier molecular flexibility index (Phi) is 7.79. The molecule has 8 heteroatoms. The Morgan fingerprint density at radius 3 is 2.30 bits per heavy atom. The van der Waals surface area contributed by atoms with E-state index in [4.69, 9.17) is 0 Å². The van der Waals surface area contributed by atoms with Gasteiger partial charge in [0.25, 0.3) is 5.91 Å². The van der Waals surface area contributed by atoms with Crippen molar-refractivity contribution in [2.75, 3.05) is 15.9 Å². The van der Waals surface area contributed by atoms with Gasteiger partial charge in [-0.25, -0.2) is 8.42 Å². The van der Waals surface area contributed by atoms with Crippen LogP contribution in [0.4, 0.5) is 11.4 Å². The molecule has 0 aliphatic heterocycles. The summed E-state index contributed by atoms with van der Waals surface area (Å²) >= 11 is 0. The van der Waals surface area contributed by atoms with Crippen molar-refractivity contribution in [1.82, 2.24) is 5.32 Å². The number of amides is 2. The van der Waals surface area contributed by atoms with Crippen molar-refractivity contribution in [3.05, 3.63) is 59.2 Å². The molecule has 7 nitrogen and oxygen atoms in total. The predicted molar refractivity (Wildman–Crippen MR) is 132 cm³/mol. The summed E-state index contributed by atoms with van der Waals surface area (Å²) in [4.78, 5) is 26.0. The Bertz CT molecular complexity index is 1120. The van der Waals surface area contributed by atoms with Gasteiger partial charge in [-0.1, -0.05) is 37.5 Å². The molecule has 1 fully saturated rings. The third kappa shape index (κ3) is 6.13. The van der Waals surface area contributed by atoms with Gasteiger partial charge in [-0.3, -0.25) is 13.9 Å². The molecule has 0 bridgehead atoms. The third-order valence-corrected chi connectivity index (χ3v) is 7.45. The van der Waals surface area contributed by atoms with Gasteiger partial charge in [0.1, 0.15) is 6.04 Å². The van der Waals surface area contributed by atoms with Crippen LogP contribution in [-0.4, -0.2) is 38.6 Å².